The van der Waals surface area contributed by atoms with E-state index in [1.807, 2.05) is 0 Å². The zero-order valence-corrected chi connectivity index (χ0v) is 8.69. The van der Waals surface area contributed by atoms with Crippen molar-refractivity contribution in [2.75, 3.05) is 20.4 Å². The lowest BCUT2D eigenvalue weighted by Crippen LogP contribution is -2.10. The first-order chi connectivity index (χ1) is 5.72. The van der Waals surface area contributed by atoms with Crippen LogP contribution in [0.5, 0.6) is 0 Å². The molecule has 0 aliphatic rings. The summed E-state index contributed by atoms with van der Waals surface area (Å²) in [5.74, 6) is 0. The lowest BCUT2D eigenvalue weighted by Gasteiger charge is -2.09. The second-order valence-electron chi connectivity index (χ2n) is 3.09. The molecule has 0 aromatic heterocycles. The third-order valence-electron chi connectivity index (χ3n) is 1.63. The minimum Gasteiger partial charge on any atom is -0.305 e. The van der Waals surface area contributed by atoms with Crippen LogP contribution >= 0.6 is 11.8 Å². The van der Waals surface area contributed by atoms with Crippen molar-refractivity contribution in [3.8, 4) is 0 Å². The number of nitrogens with zero attached hydrogens (tertiary/aromatic N) is 1. The van der Waals surface area contributed by atoms with E-state index in [4.69, 9.17) is 0 Å². The molecule has 2 heteroatoms. The van der Waals surface area contributed by atoms with Gasteiger partial charge in [-0.25, -0.2) is 0 Å². The van der Waals surface area contributed by atoms with Crippen LogP contribution in [0.3, 0.4) is 0 Å². The summed E-state index contributed by atoms with van der Waals surface area (Å²) in [5, 5.41) is 0. The minimum atomic E-state index is 1.02. The lowest BCUT2D eigenvalue weighted by molar-refractivity contribution is 0.402. The van der Waals surface area contributed by atoms with Gasteiger partial charge in [0.2, 0.25) is 0 Å². The fourth-order valence-electron chi connectivity index (χ4n) is 1.14. The fourth-order valence-corrected chi connectivity index (χ4v) is 1.62. The molecule has 0 spiro atoms. The molecule has 0 N–H and O–H groups in total. The van der Waals surface area contributed by atoms with Crippen molar-refractivity contribution >= 4 is 11.8 Å². The topological polar surface area (TPSA) is 3.24 Å². The minimum absolute atomic E-state index is 1.02. The van der Waals surface area contributed by atoms with Crippen LogP contribution in [0.2, 0.25) is 0 Å². The highest BCUT2D eigenvalue weighted by Gasteiger charge is 1.95. The number of hydrogen-bond acceptors (Lipinski definition) is 2. The molecule has 0 amide bonds. The van der Waals surface area contributed by atoms with Crippen molar-refractivity contribution < 1.29 is 0 Å². The van der Waals surface area contributed by atoms with E-state index < -0.39 is 0 Å². The van der Waals surface area contributed by atoms with Crippen LogP contribution in [-0.4, -0.2) is 25.3 Å². The highest BCUT2D eigenvalue weighted by Crippen LogP contribution is 2.16. The van der Waals surface area contributed by atoms with Gasteiger partial charge in [-0.2, -0.15) is 0 Å². The van der Waals surface area contributed by atoms with Gasteiger partial charge in [-0.05, 0) is 38.0 Å². The third kappa shape index (κ3) is 2.88. The van der Waals surface area contributed by atoms with Crippen LogP contribution in [0, 0.1) is 0 Å². The first kappa shape index (κ1) is 9.62. The molecule has 1 nitrogen and oxygen atoms in total. The Balaban J connectivity index is 2.72. The summed E-state index contributed by atoms with van der Waals surface area (Å²) < 4.78 is 0. The maximum atomic E-state index is 2.24. The second kappa shape index (κ2) is 4.53. The summed E-state index contributed by atoms with van der Waals surface area (Å²) in [6, 6.07) is 8.67. The van der Waals surface area contributed by atoms with Crippen LogP contribution in [0.4, 0.5) is 0 Å². The molecule has 0 saturated heterocycles. The van der Waals surface area contributed by atoms with Crippen molar-refractivity contribution in [2.24, 2.45) is 0 Å². The highest BCUT2D eigenvalue weighted by molar-refractivity contribution is 7.98. The van der Waals surface area contributed by atoms with Gasteiger partial charge in [0.05, 0.1) is 0 Å². The molecule has 0 atom stereocenters. The predicted octanol–water partition coefficient (Wildman–Crippen LogP) is 2.47. The summed E-state index contributed by atoms with van der Waals surface area (Å²) in [5.41, 5.74) is 1.38. The number of rotatable bonds is 3. The smallest absolute Gasteiger partial charge is 0.0228 e. The maximum absolute atomic E-state index is 2.24. The number of thioether (sulfide) groups is 1. The van der Waals surface area contributed by atoms with Crippen molar-refractivity contribution in [3.63, 3.8) is 0 Å². The van der Waals surface area contributed by atoms with Crippen molar-refractivity contribution in [3.05, 3.63) is 29.8 Å². The second-order valence-corrected chi connectivity index (χ2v) is 3.97. The summed E-state index contributed by atoms with van der Waals surface area (Å²) in [7, 11) is 4.18. The summed E-state index contributed by atoms with van der Waals surface area (Å²) >= 11 is 1.79. The third-order valence-corrected chi connectivity index (χ3v) is 2.36. The maximum Gasteiger partial charge on any atom is 0.0228 e. The molecule has 0 unspecified atom stereocenters. The zero-order valence-electron chi connectivity index (χ0n) is 7.87. The molecule has 1 rings (SSSR count). The van der Waals surface area contributed by atoms with E-state index in [-0.39, 0.29) is 0 Å². The van der Waals surface area contributed by atoms with E-state index in [2.05, 4.69) is 49.5 Å². The average molecular weight is 181 g/mol. The van der Waals surface area contributed by atoms with Gasteiger partial charge in [0.15, 0.2) is 0 Å². The first-order valence-electron chi connectivity index (χ1n) is 4.00. The zero-order chi connectivity index (χ0) is 8.97. The molecule has 1 aromatic rings. The molecule has 0 aliphatic heterocycles. The van der Waals surface area contributed by atoms with Crippen molar-refractivity contribution in [1.82, 2.24) is 4.90 Å². The van der Waals surface area contributed by atoms with Gasteiger partial charge < -0.3 is 4.90 Å². The molecule has 12 heavy (non-hydrogen) atoms. The normalized spacial score (nSPS) is 10.7. The Morgan fingerprint density at radius 3 is 2.67 bits per heavy atom. The Kier molecular flexibility index (Phi) is 3.63. The fraction of sp³-hybridized carbons (Fsp3) is 0.400. The van der Waals surface area contributed by atoms with Crippen LogP contribution in [0.15, 0.2) is 29.2 Å². The van der Waals surface area contributed by atoms with Crippen molar-refractivity contribution in [2.45, 2.75) is 11.4 Å². The van der Waals surface area contributed by atoms with E-state index in [0.29, 0.717) is 0 Å². The summed E-state index contributed by atoms with van der Waals surface area (Å²) in [4.78, 5) is 3.52. The quantitative estimate of drug-likeness (QED) is 0.659. The van der Waals surface area contributed by atoms with Crippen LogP contribution in [0.25, 0.3) is 0 Å². The van der Waals surface area contributed by atoms with Crippen LogP contribution < -0.4 is 0 Å². The molecule has 0 aliphatic carbocycles. The highest BCUT2D eigenvalue weighted by atomic mass is 32.2. The molecule has 0 radical (unpaired) electrons. The molecule has 66 valence electrons. The van der Waals surface area contributed by atoms with E-state index in [1.54, 1.807) is 11.8 Å². The molecule has 1 aromatic carbocycles. The van der Waals surface area contributed by atoms with Crippen LogP contribution in [0.1, 0.15) is 5.56 Å². The van der Waals surface area contributed by atoms with Gasteiger partial charge in [-0.15, -0.1) is 11.8 Å². The molecule has 0 bridgehead atoms. The largest absolute Gasteiger partial charge is 0.305 e. The lowest BCUT2D eigenvalue weighted by atomic mass is 10.2. The summed E-state index contributed by atoms with van der Waals surface area (Å²) in [6.45, 7) is 1.02. The summed E-state index contributed by atoms with van der Waals surface area (Å²) in [6.07, 6.45) is 2.11. The van der Waals surface area contributed by atoms with E-state index in [9.17, 15) is 0 Å². The Labute approximate surface area is 78.8 Å². The average Bonchev–Trinajstić information content (AvgIpc) is 2.03. The van der Waals surface area contributed by atoms with Gasteiger partial charge >= 0.3 is 0 Å². The van der Waals surface area contributed by atoms with Gasteiger partial charge in [0.25, 0.3) is 0 Å². The Hall–Kier alpha value is -0.470. The molecule has 0 saturated carbocycles. The van der Waals surface area contributed by atoms with Gasteiger partial charge in [0.1, 0.15) is 0 Å². The van der Waals surface area contributed by atoms with E-state index >= 15 is 0 Å². The standard InChI is InChI=1S/C10H15NS/c1-11(2)8-9-5-4-6-10(7-9)12-3/h4-7H,8H2,1-3H3. The Morgan fingerprint density at radius 2 is 2.08 bits per heavy atom. The molecule has 0 heterocycles. The van der Waals surface area contributed by atoms with Crippen LogP contribution in [-0.2, 0) is 6.54 Å². The van der Waals surface area contributed by atoms with Gasteiger partial charge in [0, 0.05) is 11.4 Å². The predicted molar refractivity (Wildman–Crippen MR) is 55.6 cm³/mol. The number of benzene rings is 1. The molecular formula is C10H15NS. The van der Waals surface area contributed by atoms with E-state index in [0.717, 1.165) is 6.54 Å². The van der Waals surface area contributed by atoms with Gasteiger partial charge in [-0.3, -0.25) is 0 Å². The Morgan fingerprint density at radius 1 is 1.33 bits per heavy atom. The SMILES string of the molecule is CSc1cccc(CN(C)C)c1. The molecule has 0 fully saturated rings. The monoisotopic (exact) mass is 181 g/mol. The number of hydrogen-bond donors (Lipinski definition) is 0. The Bertz CT molecular complexity index is 245. The van der Waals surface area contributed by atoms with E-state index in [1.165, 1.54) is 10.5 Å². The first-order valence-corrected chi connectivity index (χ1v) is 5.22. The van der Waals surface area contributed by atoms with Gasteiger partial charge in [-0.1, -0.05) is 12.1 Å². The molecular weight excluding hydrogens is 166 g/mol. The van der Waals surface area contributed by atoms with Crippen molar-refractivity contribution in [1.29, 1.82) is 0 Å².